The highest BCUT2D eigenvalue weighted by molar-refractivity contribution is 7.75. The van der Waals surface area contributed by atoms with Crippen LogP contribution in [0.15, 0.2) is 30.3 Å². The summed E-state index contributed by atoms with van der Waals surface area (Å²) in [5, 5.41) is 3.49. The van der Waals surface area contributed by atoms with Gasteiger partial charge in [-0.25, -0.2) is 0 Å². The molecule has 15 heavy (non-hydrogen) atoms. The van der Waals surface area contributed by atoms with Crippen LogP contribution in [0.4, 0.5) is 0 Å². The molecule has 0 aromatic heterocycles. The molecule has 1 fully saturated rings. The van der Waals surface area contributed by atoms with Crippen molar-refractivity contribution in [3.05, 3.63) is 35.9 Å². The second-order valence-corrected chi connectivity index (χ2v) is 4.20. The van der Waals surface area contributed by atoms with Crippen molar-refractivity contribution in [1.82, 2.24) is 5.32 Å². The second kappa shape index (κ2) is 5.54. The van der Waals surface area contributed by atoms with E-state index in [4.69, 9.17) is 4.18 Å². The zero-order valence-corrected chi connectivity index (χ0v) is 9.62. The molecule has 2 atom stereocenters. The van der Waals surface area contributed by atoms with Crippen LogP contribution in [0.1, 0.15) is 30.9 Å². The predicted octanol–water partition coefficient (Wildman–Crippen LogP) is 2.73. The van der Waals surface area contributed by atoms with Crippen molar-refractivity contribution in [3.63, 3.8) is 0 Å². The normalized spacial score (nSPS) is 23.7. The monoisotopic (exact) mass is 223 g/mol. The largest absolute Gasteiger partial charge is 0.311 e. The van der Waals surface area contributed by atoms with Gasteiger partial charge in [-0.3, -0.25) is 0 Å². The summed E-state index contributed by atoms with van der Waals surface area (Å²) in [5.41, 5.74) is 1.20. The molecule has 1 aliphatic heterocycles. The molecular formula is C12H17NOS. The van der Waals surface area contributed by atoms with Gasteiger partial charge in [0, 0.05) is 6.04 Å². The number of hydrogen-bond acceptors (Lipinski definition) is 3. The lowest BCUT2D eigenvalue weighted by Gasteiger charge is -2.29. The highest BCUT2D eigenvalue weighted by Crippen LogP contribution is 2.27. The summed E-state index contributed by atoms with van der Waals surface area (Å²) in [5.74, 6) is 0. The quantitative estimate of drug-likeness (QED) is 0.607. The van der Waals surface area contributed by atoms with Crippen LogP contribution >= 0.6 is 12.9 Å². The third-order valence-corrected chi connectivity index (χ3v) is 3.18. The molecule has 0 bridgehead atoms. The van der Waals surface area contributed by atoms with E-state index in [2.05, 4.69) is 30.4 Å². The summed E-state index contributed by atoms with van der Waals surface area (Å²) in [4.78, 5) is 0. The lowest BCUT2D eigenvalue weighted by molar-refractivity contribution is 0.168. The minimum absolute atomic E-state index is 0.0647. The zero-order valence-electron chi connectivity index (χ0n) is 8.73. The fourth-order valence-corrected chi connectivity index (χ4v) is 2.42. The van der Waals surface area contributed by atoms with Crippen molar-refractivity contribution >= 4 is 12.9 Å². The van der Waals surface area contributed by atoms with E-state index in [0.29, 0.717) is 6.04 Å². The Morgan fingerprint density at radius 3 is 2.67 bits per heavy atom. The van der Waals surface area contributed by atoms with E-state index >= 15 is 0 Å². The van der Waals surface area contributed by atoms with Crippen molar-refractivity contribution in [3.8, 4) is 0 Å². The van der Waals surface area contributed by atoms with Crippen LogP contribution in [0.2, 0.25) is 0 Å². The molecule has 2 nitrogen and oxygen atoms in total. The Morgan fingerprint density at radius 2 is 2.07 bits per heavy atom. The van der Waals surface area contributed by atoms with E-state index in [-0.39, 0.29) is 6.10 Å². The fraction of sp³-hybridized carbons (Fsp3) is 0.500. The molecule has 0 saturated carbocycles. The minimum atomic E-state index is 0.0647. The number of nitrogens with one attached hydrogen (secondary N) is 1. The highest BCUT2D eigenvalue weighted by Gasteiger charge is 2.24. The first kappa shape index (κ1) is 11.0. The minimum Gasteiger partial charge on any atom is -0.311 e. The molecule has 0 radical (unpaired) electrons. The lowest BCUT2D eigenvalue weighted by atomic mass is 9.95. The van der Waals surface area contributed by atoms with Gasteiger partial charge in [-0.1, -0.05) is 36.8 Å². The molecule has 1 N–H and O–H groups in total. The number of thiol groups is 1. The van der Waals surface area contributed by atoms with Gasteiger partial charge >= 0.3 is 0 Å². The standard InChI is InChI=1S/C12H17NOS/c15-14-12(10-6-2-1-3-7-10)11-8-4-5-9-13-11/h1-3,6-7,11-13,15H,4-5,8-9H2. The van der Waals surface area contributed by atoms with Crippen molar-refractivity contribution in [2.45, 2.75) is 31.4 Å². The summed E-state index contributed by atoms with van der Waals surface area (Å²) < 4.78 is 5.31. The number of piperidine rings is 1. The van der Waals surface area contributed by atoms with E-state index < -0.39 is 0 Å². The highest BCUT2D eigenvalue weighted by atomic mass is 32.1. The van der Waals surface area contributed by atoms with Crippen LogP contribution in [-0.4, -0.2) is 12.6 Å². The Morgan fingerprint density at radius 1 is 1.27 bits per heavy atom. The Balaban J connectivity index is 2.09. The van der Waals surface area contributed by atoms with Gasteiger partial charge in [-0.2, -0.15) is 0 Å². The Labute approximate surface area is 96.6 Å². The third kappa shape index (κ3) is 2.74. The van der Waals surface area contributed by atoms with E-state index in [0.717, 1.165) is 6.54 Å². The van der Waals surface area contributed by atoms with Gasteiger partial charge in [0.05, 0.1) is 0 Å². The summed E-state index contributed by atoms with van der Waals surface area (Å²) in [7, 11) is 0. The van der Waals surface area contributed by atoms with Gasteiger partial charge in [0.15, 0.2) is 0 Å². The summed E-state index contributed by atoms with van der Waals surface area (Å²) in [6, 6.07) is 10.7. The molecule has 0 spiro atoms. The van der Waals surface area contributed by atoms with Crippen LogP contribution in [0, 0.1) is 0 Å². The maximum atomic E-state index is 5.31. The van der Waals surface area contributed by atoms with E-state index in [9.17, 15) is 0 Å². The van der Waals surface area contributed by atoms with Crippen molar-refractivity contribution in [2.75, 3.05) is 6.54 Å². The van der Waals surface area contributed by atoms with E-state index in [1.165, 1.54) is 24.8 Å². The summed E-state index contributed by atoms with van der Waals surface area (Å²) >= 11 is 4.00. The molecule has 82 valence electrons. The number of hydrogen-bond donors (Lipinski definition) is 2. The molecule has 1 aliphatic rings. The van der Waals surface area contributed by atoms with Crippen LogP contribution < -0.4 is 5.32 Å². The molecule has 1 aromatic rings. The van der Waals surface area contributed by atoms with E-state index in [1.807, 2.05) is 18.2 Å². The molecule has 0 amide bonds. The van der Waals surface area contributed by atoms with Crippen LogP contribution in [0.25, 0.3) is 0 Å². The molecule has 0 aliphatic carbocycles. The van der Waals surface area contributed by atoms with Crippen molar-refractivity contribution < 1.29 is 4.18 Å². The van der Waals surface area contributed by atoms with Crippen molar-refractivity contribution in [1.29, 1.82) is 0 Å². The molecule has 1 saturated heterocycles. The van der Waals surface area contributed by atoms with Crippen LogP contribution in [-0.2, 0) is 4.18 Å². The maximum Gasteiger partial charge on any atom is 0.112 e. The molecule has 1 aromatic carbocycles. The first-order chi connectivity index (χ1) is 7.42. The zero-order chi connectivity index (χ0) is 10.5. The first-order valence-electron chi connectivity index (χ1n) is 5.50. The van der Waals surface area contributed by atoms with Gasteiger partial charge in [0.25, 0.3) is 0 Å². The lowest BCUT2D eigenvalue weighted by Crippen LogP contribution is -2.39. The maximum absolute atomic E-state index is 5.31. The van der Waals surface area contributed by atoms with Gasteiger partial charge in [-0.05, 0) is 37.9 Å². The van der Waals surface area contributed by atoms with Gasteiger partial charge in [-0.15, -0.1) is 0 Å². The number of benzene rings is 1. The van der Waals surface area contributed by atoms with Crippen LogP contribution in [0.3, 0.4) is 0 Å². The summed E-state index contributed by atoms with van der Waals surface area (Å²) in [6.45, 7) is 1.09. The molecule has 2 unspecified atom stereocenters. The second-order valence-electron chi connectivity index (χ2n) is 3.99. The smallest absolute Gasteiger partial charge is 0.112 e. The Bertz CT molecular complexity index is 285. The first-order valence-corrected chi connectivity index (χ1v) is 5.87. The predicted molar refractivity (Wildman–Crippen MR) is 64.9 cm³/mol. The molecule has 1 heterocycles. The molecule has 3 heteroatoms. The SMILES string of the molecule is SOC(c1ccccc1)C1CCCCN1. The van der Waals surface area contributed by atoms with Crippen LogP contribution in [0.5, 0.6) is 0 Å². The van der Waals surface area contributed by atoms with Gasteiger partial charge < -0.3 is 9.50 Å². The average Bonchev–Trinajstić information content (AvgIpc) is 2.33. The fourth-order valence-electron chi connectivity index (χ4n) is 2.15. The number of rotatable bonds is 3. The van der Waals surface area contributed by atoms with Crippen molar-refractivity contribution in [2.24, 2.45) is 0 Å². The molecule has 2 rings (SSSR count). The van der Waals surface area contributed by atoms with E-state index in [1.54, 1.807) is 0 Å². The molecular weight excluding hydrogens is 206 g/mol. The van der Waals surface area contributed by atoms with Gasteiger partial charge in [0.1, 0.15) is 6.10 Å². The Kier molecular flexibility index (Phi) is 4.06. The topological polar surface area (TPSA) is 21.3 Å². The Hall–Kier alpha value is -0.510. The van der Waals surface area contributed by atoms with Gasteiger partial charge in [0.2, 0.25) is 0 Å². The summed E-state index contributed by atoms with van der Waals surface area (Å²) in [6.07, 6.45) is 3.78. The average molecular weight is 223 g/mol. The third-order valence-electron chi connectivity index (χ3n) is 2.96.